The van der Waals surface area contributed by atoms with E-state index in [0.717, 1.165) is 32.6 Å². The fourth-order valence-corrected chi connectivity index (χ4v) is 2.06. The van der Waals surface area contributed by atoms with Gasteiger partial charge in [0, 0.05) is 38.3 Å². The minimum Gasteiger partial charge on any atom is -0.450 e. The van der Waals surface area contributed by atoms with Gasteiger partial charge in [0.1, 0.15) is 0 Å². The number of alkyl carbamates (subject to hydrolysis) is 1. The van der Waals surface area contributed by atoms with Crippen molar-refractivity contribution in [2.24, 2.45) is 0 Å². The van der Waals surface area contributed by atoms with Crippen LogP contribution in [-0.2, 0) is 4.74 Å². The largest absolute Gasteiger partial charge is 0.450 e. The Kier molecular flexibility index (Phi) is 5.88. The summed E-state index contributed by atoms with van der Waals surface area (Å²) in [5, 5.41) is 2.85. The summed E-state index contributed by atoms with van der Waals surface area (Å²) >= 11 is 0. The fraction of sp³-hybridized carbons (Fsp3) is 0.923. The highest BCUT2D eigenvalue weighted by Gasteiger charge is 2.29. The fourth-order valence-electron chi connectivity index (χ4n) is 2.06. The lowest BCUT2D eigenvalue weighted by Crippen LogP contribution is -2.57. The predicted molar refractivity (Wildman–Crippen MR) is 72.8 cm³/mol. The second kappa shape index (κ2) is 6.95. The lowest BCUT2D eigenvalue weighted by Gasteiger charge is -2.43. The first-order valence-corrected chi connectivity index (χ1v) is 6.80. The maximum absolute atomic E-state index is 11.4. The van der Waals surface area contributed by atoms with Crippen LogP contribution in [0.15, 0.2) is 0 Å². The van der Waals surface area contributed by atoms with Gasteiger partial charge in [-0.15, -0.1) is 0 Å². The molecule has 0 spiro atoms. The second-order valence-electron chi connectivity index (χ2n) is 5.59. The molecule has 1 aliphatic rings. The van der Waals surface area contributed by atoms with Crippen molar-refractivity contribution >= 4 is 6.09 Å². The van der Waals surface area contributed by atoms with Gasteiger partial charge in [0.25, 0.3) is 0 Å². The molecule has 18 heavy (non-hydrogen) atoms. The Morgan fingerprint density at radius 3 is 2.44 bits per heavy atom. The molecule has 106 valence electrons. The normalized spacial score (nSPS) is 18.7. The molecule has 1 heterocycles. The number of amides is 1. The molecule has 0 atom stereocenters. The number of nitrogens with one attached hydrogen (secondary N) is 1. The van der Waals surface area contributed by atoms with Gasteiger partial charge < -0.3 is 15.0 Å². The van der Waals surface area contributed by atoms with Gasteiger partial charge in [0.05, 0.1) is 6.61 Å². The Bertz CT molecular complexity index is 261. The van der Waals surface area contributed by atoms with E-state index in [-0.39, 0.29) is 11.6 Å². The maximum atomic E-state index is 11.4. The van der Waals surface area contributed by atoms with Gasteiger partial charge in [-0.2, -0.15) is 0 Å². The Labute approximate surface area is 110 Å². The van der Waals surface area contributed by atoms with Crippen LogP contribution >= 0.6 is 0 Å². The van der Waals surface area contributed by atoms with Crippen LogP contribution in [0.3, 0.4) is 0 Å². The molecule has 1 rings (SSSR count). The molecule has 0 saturated carbocycles. The minimum absolute atomic E-state index is 0.0213. The maximum Gasteiger partial charge on any atom is 0.407 e. The molecular weight excluding hydrogens is 230 g/mol. The quantitative estimate of drug-likeness (QED) is 0.802. The van der Waals surface area contributed by atoms with E-state index in [9.17, 15) is 4.79 Å². The Morgan fingerprint density at radius 1 is 1.28 bits per heavy atom. The summed E-state index contributed by atoms with van der Waals surface area (Å²) < 4.78 is 5.01. The van der Waals surface area contributed by atoms with Crippen molar-refractivity contribution in [3.8, 4) is 0 Å². The van der Waals surface area contributed by atoms with E-state index in [1.807, 2.05) is 6.92 Å². The summed E-state index contributed by atoms with van der Waals surface area (Å²) in [6.07, 6.45) is 0.550. The number of carbonyl (C=O) groups excluding carboxylic acids is 1. The summed E-state index contributed by atoms with van der Waals surface area (Å²) in [4.78, 5) is 16.2. The molecule has 1 saturated heterocycles. The Hall–Kier alpha value is -0.810. The second-order valence-corrected chi connectivity index (χ2v) is 5.59. The Morgan fingerprint density at radius 2 is 1.89 bits per heavy atom. The van der Waals surface area contributed by atoms with Crippen LogP contribution in [0, 0.1) is 0 Å². The first-order valence-electron chi connectivity index (χ1n) is 6.80. The van der Waals surface area contributed by atoms with Crippen molar-refractivity contribution in [1.29, 1.82) is 0 Å². The Balaban J connectivity index is 2.32. The van der Waals surface area contributed by atoms with Crippen LogP contribution < -0.4 is 5.32 Å². The van der Waals surface area contributed by atoms with Crippen LogP contribution in [0.25, 0.3) is 0 Å². The highest BCUT2D eigenvalue weighted by molar-refractivity contribution is 5.67. The zero-order valence-corrected chi connectivity index (χ0v) is 12.2. The molecule has 0 radical (unpaired) electrons. The standard InChI is InChI=1S/C13H27N3O2/c1-5-10-18-12(17)14-11-13(2,3)16-8-6-15(4)7-9-16/h5-11H2,1-4H3,(H,14,17). The SMILES string of the molecule is CCCOC(=O)NCC(C)(C)N1CCN(C)CC1. The number of hydrogen-bond donors (Lipinski definition) is 1. The lowest BCUT2D eigenvalue weighted by molar-refractivity contribution is 0.0598. The molecule has 1 fully saturated rings. The van der Waals surface area contributed by atoms with Crippen LogP contribution in [0.5, 0.6) is 0 Å². The van der Waals surface area contributed by atoms with E-state index in [4.69, 9.17) is 4.74 Å². The molecule has 5 heteroatoms. The monoisotopic (exact) mass is 257 g/mol. The lowest BCUT2D eigenvalue weighted by atomic mass is 10.0. The molecule has 1 N–H and O–H groups in total. The predicted octanol–water partition coefficient (Wildman–Crippen LogP) is 1.15. The van der Waals surface area contributed by atoms with E-state index in [1.54, 1.807) is 0 Å². The summed E-state index contributed by atoms with van der Waals surface area (Å²) in [6.45, 7) is 11.7. The van der Waals surface area contributed by atoms with Crippen molar-refractivity contribution in [2.75, 3.05) is 46.4 Å². The zero-order valence-electron chi connectivity index (χ0n) is 12.2. The van der Waals surface area contributed by atoms with Crippen molar-refractivity contribution < 1.29 is 9.53 Å². The number of ether oxygens (including phenoxy) is 1. The average molecular weight is 257 g/mol. The zero-order chi connectivity index (χ0) is 13.6. The molecular formula is C13H27N3O2. The van der Waals surface area contributed by atoms with Gasteiger partial charge in [-0.1, -0.05) is 6.92 Å². The third kappa shape index (κ3) is 4.82. The first kappa shape index (κ1) is 15.2. The van der Waals surface area contributed by atoms with Gasteiger partial charge in [-0.05, 0) is 27.3 Å². The minimum atomic E-state index is -0.306. The van der Waals surface area contributed by atoms with Crippen molar-refractivity contribution in [1.82, 2.24) is 15.1 Å². The number of hydrogen-bond acceptors (Lipinski definition) is 4. The van der Waals surface area contributed by atoms with Crippen LogP contribution in [0.4, 0.5) is 4.79 Å². The highest BCUT2D eigenvalue weighted by atomic mass is 16.5. The van der Waals surface area contributed by atoms with Gasteiger partial charge >= 0.3 is 6.09 Å². The van der Waals surface area contributed by atoms with E-state index in [0.29, 0.717) is 13.2 Å². The molecule has 0 aromatic carbocycles. The summed E-state index contributed by atoms with van der Waals surface area (Å²) in [5.41, 5.74) is -0.0213. The molecule has 5 nitrogen and oxygen atoms in total. The number of carbonyl (C=O) groups is 1. The number of likely N-dealkylation sites (N-methyl/N-ethyl adjacent to an activating group) is 1. The van der Waals surface area contributed by atoms with Crippen LogP contribution in [-0.4, -0.2) is 67.8 Å². The van der Waals surface area contributed by atoms with Gasteiger partial charge in [-0.3, -0.25) is 4.90 Å². The summed E-state index contributed by atoms with van der Waals surface area (Å²) in [5.74, 6) is 0. The van der Waals surface area contributed by atoms with Crippen LogP contribution in [0.2, 0.25) is 0 Å². The topological polar surface area (TPSA) is 44.8 Å². The summed E-state index contributed by atoms with van der Waals surface area (Å²) in [6, 6.07) is 0. The number of nitrogens with zero attached hydrogens (tertiary/aromatic N) is 2. The van der Waals surface area contributed by atoms with E-state index in [2.05, 4.69) is 36.0 Å². The van der Waals surface area contributed by atoms with Gasteiger partial charge in [0.2, 0.25) is 0 Å². The molecule has 0 unspecified atom stereocenters. The van der Waals surface area contributed by atoms with E-state index in [1.165, 1.54) is 0 Å². The number of piperazine rings is 1. The van der Waals surface area contributed by atoms with E-state index < -0.39 is 0 Å². The molecule has 1 amide bonds. The summed E-state index contributed by atoms with van der Waals surface area (Å²) in [7, 11) is 2.14. The highest BCUT2D eigenvalue weighted by Crippen LogP contribution is 2.15. The van der Waals surface area contributed by atoms with Gasteiger partial charge in [0.15, 0.2) is 0 Å². The van der Waals surface area contributed by atoms with Crippen molar-refractivity contribution in [2.45, 2.75) is 32.7 Å². The molecule has 0 aromatic rings. The smallest absolute Gasteiger partial charge is 0.407 e. The third-order valence-electron chi connectivity index (χ3n) is 3.46. The molecule has 0 aromatic heterocycles. The molecule has 0 bridgehead atoms. The first-order chi connectivity index (χ1) is 8.45. The average Bonchev–Trinajstić information content (AvgIpc) is 2.34. The molecule has 1 aliphatic heterocycles. The van der Waals surface area contributed by atoms with Crippen molar-refractivity contribution in [3.63, 3.8) is 0 Å². The molecule has 0 aliphatic carbocycles. The van der Waals surface area contributed by atoms with Crippen molar-refractivity contribution in [3.05, 3.63) is 0 Å². The third-order valence-corrected chi connectivity index (χ3v) is 3.46. The number of rotatable bonds is 5. The van der Waals surface area contributed by atoms with E-state index >= 15 is 0 Å². The van der Waals surface area contributed by atoms with Crippen LogP contribution in [0.1, 0.15) is 27.2 Å². The van der Waals surface area contributed by atoms with Gasteiger partial charge in [-0.25, -0.2) is 4.79 Å².